The molecule has 2 aliphatic heterocycles. The number of anilines is 1. The number of benzene rings is 1. The van der Waals surface area contributed by atoms with Crippen molar-refractivity contribution in [3.05, 3.63) is 41.6 Å². The van der Waals surface area contributed by atoms with Crippen LogP contribution in [0.3, 0.4) is 0 Å². The predicted octanol–water partition coefficient (Wildman–Crippen LogP) is 2.52. The molecule has 3 heterocycles. The summed E-state index contributed by atoms with van der Waals surface area (Å²) in [5.41, 5.74) is 1.45. The molecule has 0 unspecified atom stereocenters. The molecule has 0 atom stereocenters. The summed E-state index contributed by atoms with van der Waals surface area (Å²) in [6.07, 6.45) is 3.09. The molecule has 7 nitrogen and oxygen atoms in total. The van der Waals surface area contributed by atoms with Gasteiger partial charge in [-0.25, -0.2) is 0 Å². The molecule has 0 N–H and O–H groups in total. The number of hydrogen-bond donors (Lipinski definition) is 0. The Kier molecular flexibility index (Phi) is 4.44. The van der Waals surface area contributed by atoms with Crippen LogP contribution in [-0.4, -0.2) is 46.5 Å². The summed E-state index contributed by atoms with van der Waals surface area (Å²) in [7, 11) is 0. The van der Waals surface area contributed by atoms with Crippen LogP contribution in [0.2, 0.25) is 0 Å². The smallest absolute Gasteiger partial charge is 0.253 e. The number of piperidine rings is 1. The van der Waals surface area contributed by atoms with Crippen molar-refractivity contribution in [2.75, 3.05) is 24.5 Å². The van der Waals surface area contributed by atoms with Crippen molar-refractivity contribution < 1.29 is 14.0 Å². The van der Waals surface area contributed by atoms with Gasteiger partial charge in [0.2, 0.25) is 17.7 Å². The molecule has 0 aliphatic carbocycles. The number of carbonyl (C=O) groups excluding carboxylic acids is 2. The number of likely N-dealkylation sites (tertiary alicyclic amines) is 1. The molecule has 7 heteroatoms. The molecule has 1 aromatic heterocycles. The van der Waals surface area contributed by atoms with E-state index in [1.54, 1.807) is 11.8 Å². The fourth-order valence-electron chi connectivity index (χ4n) is 3.72. The highest BCUT2D eigenvalue weighted by atomic mass is 16.4. The lowest BCUT2D eigenvalue weighted by Crippen LogP contribution is -2.38. The number of carbonyl (C=O) groups is 2. The van der Waals surface area contributed by atoms with Crippen LogP contribution in [0.25, 0.3) is 0 Å². The van der Waals surface area contributed by atoms with Gasteiger partial charge in [0.15, 0.2) is 0 Å². The summed E-state index contributed by atoms with van der Waals surface area (Å²) in [5, 5.41) is 7.99. The van der Waals surface area contributed by atoms with E-state index in [2.05, 4.69) is 10.2 Å². The van der Waals surface area contributed by atoms with Crippen LogP contribution >= 0.6 is 0 Å². The van der Waals surface area contributed by atoms with Crippen LogP contribution in [0, 0.1) is 6.92 Å². The Bertz CT molecular complexity index is 824. The Balaban J connectivity index is 1.43. The lowest BCUT2D eigenvalue weighted by atomic mass is 9.96. The van der Waals surface area contributed by atoms with Crippen LogP contribution in [0.5, 0.6) is 0 Å². The molecule has 0 saturated carbocycles. The maximum Gasteiger partial charge on any atom is 0.253 e. The van der Waals surface area contributed by atoms with Crippen molar-refractivity contribution in [2.45, 2.75) is 38.5 Å². The fraction of sp³-hybridized carbons (Fsp3) is 0.474. The minimum absolute atomic E-state index is 0.0126. The van der Waals surface area contributed by atoms with Gasteiger partial charge < -0.3 is 14.2 Å². The summed E-state index contributed by atoms with van der Waals surface area (Å²) in [6.45, 7) is 3.84. The summed E-state index contributed by atoms with van der Waals surface area (Å²) < 4.78 is 5.52. The molecule has 2 aliphatic rings. The van der Waals surface area contributed by atoms with Crippen LogP contribution in [0.1, 0.15) is 53.7 Å². The van der Waals surface area contributed by atoms with Gasteiger partial charge in [-0.15, -0.1) is 10.2 Å². The molecule has 2 saturated heterocycles. The maximum atomic E-state index is 12.9. The molecule has 0 bridgehead atoms. The molecule has 2 aromatic rings. The molecule has 2 fully saturated rings. The predicted molar refractivity (Wildman–Crippen MR) is 94.9 cm³/mol. The lowest BCUT2D eigenvalue weighted by Gasteiger charge is -2.30. The highest BCUT2D eigenvalue weighted by Crippen LogP contribution is 2.28. The van der Waals surface area contributed by atoms with E-state index in [1.165, 1.54) is 0 Å². The van der Waals surface area contributed by atoms with E-state index < -0.39 is 0 Å². The third-order valence-electron chi connectivity index (χ3n) is 5.15. The Morgan fingerprint density at radius 3 is 2.65 bits per heavy atom. The van der Waals surface area contributed by atoms with Gasteiger partial charge in [-0.1, -0.05) is 6.07 Å². The quantitative estimate of drug-likeness (QED) is 0.846. The van der Waals surface area contributed by atoms with Gasteiger partial charge in [-0.05, 0) is 37.5 Å². The average Bonchev–Trinajstić information content (AvgIpc) is 3.30. The number of aryl methyl sites for hydroxylation is 1. The van der Waals surface area contributed by atoms with Gasteiger partial charge >= 0.3 is 0 Å². The molecule has 26 heavy (non-hydrogen) atoms. The van der Waals surface area contributed by atoms with Crippen LogP contribution in [-0.2, 0) is 4.79 Å². The number of hydrogen-bond acceptors (Lipinski definition) is 5. The standard InChI is InChI=1S/C19H22N4O3/c1-13-20-21-18(26-13)14-7-10-22(11-8-14)19(25)15-4-2-5-16(12-15)23-9-3-6-17(23)24/h2,4-5,12,14H,3,6-11H2,1H3. The first kappa shape index (κ1) is 16.8. The summed E-state index contributed by atoms with van der Waals surface area (Å²) >= 11 is 0. The first-order chi connectivity index (χ1) is 12.6. The third-order valence-corrected chi connectivity index (χ3v) is 5.15. The highest BCUT2D eigenvalue weighted by Gasteiger charge is 2.28. The number of nitrogens with zero attached hydrogens (tertiary/aromatic N) is 4. The van der Waals surface area contributed by atoms with E-state index >= 15 is 0 Å². The molecule has 1 aromatic carbocycles. The Hall–Kier alpha value is -2.70. The summed E-state index contributed by atoms with van der Waals surface area (Å²) in [4.78, 5) is 28.4. The van der Waals surface area contributed by atoms with Crippen molar-refractivity contribution >= 4 is 17.5 Å². The van der Waals surface area contributed by atoms with Crippen molar-refractivity contribution in [3.63, 3.8) is 0 Å². The van der Waals surface area contributed by atoms with Gasteiger partial charge in [0, 0.05) is 50.1 Å². The van der Waals surface area contributed by atoms with Gasteiger partial charge in [0.25, 0.3) is 5.91 Å². The van der Waals surface area contributed by atoms with Crippen molar-refractivity contribution in [2.24, 2.45) is 0 Å². The average molecular weight is 354 g/mol. The Morgan fingerprint density at radius 1 is 1.19 bits per heavy atom. The topological polar surface area (TPSA) is 79.5 Å². The number of rotatable bonds is 3. The largest absolute Gasteiger partial charge is 0.425 e. The number of amides is 2. The monoisotopic (exact) mass is 354 g/mol. The van der Waals surface area contributed by atoms with E-state index in [1.807, 2.05) is 29.2 Å². The summed E-state index contributed by atoms with van der Waals surface area (Å²) in [5.74, 6) is 1.61. The lowest BCUT2D eigenvalue weighted by molar-refractivity contribution is -0.117. The molecule has 0 radical (unpaired) electrons. The van der Waals surface area contributed by atoms with Gasteiger partial charge in [0.1, 0.15) is 0 Å². The summed E-state index contributed by atoms with van der Waals surface area (Å²) in [6, 6.07) is 7.39. The first-order valence-corrected chi connectivity index (χ1v) is 9.11. The molecular weight excluding hydrogens is 332 g/mol. The highest BCUT2D eigenvalue weighted by molar-refractivity contribution is 5.99. The van der Waals surface area contributed by atoms with Crippen LogP contribution in [0.15, 0.2) is 28.7 Å². The van der Waals surface area contributed by atoms with E-state index in [4.69, 9.17) is 4.42 Å². The molecule has 0 spiro atoms. The van der Waals surface area contributed by atoms with E-state index in [0.29, 0.717) is 36.9 Å². The van der Waals surface area contributed by atoms with Crippen LogP contribution in [0.4, 0.5) is 5.69 Å². The first-order valence-electron chi connectivity index (χ1n) is 9.11. The van der Waals surface area contributed by atoms with Gasteiger partial charge in [0.05, 0.1) is 0 Å². The third kappa shape index (κ3) is 3.21. The Morgan fingerprint density at radius 2 is 2.00 bits per heavy atom. The second-order valence-corrected chi connectivity index (χ2v) is 6.93. The fourth-order valence-corrected chi connectivity index (χ4v) is 3.72. The van der Waals surface area contributed by atoms with Crippen molar-refractivity contribution in [1.29, 1.82) is 0 Å². The minimum Gasteiger partial charge on any atom is -0.425 e. The number of aromatic nitrogens is 2. The second kappa shape index (κ2) is 6.90. The zero-order chi connectivity index (χ0) is 18.1. The maximum absolute atomic E-state index is 12.9. The molecule has 136 valence electrons. The Labute approximate surface area is 152 Å². The van der Waals surface area contributed by atoms with Crippen LogP contribution < -0.4 is 4.90 Å². The van der Waals surface area contributed by atoms with E-state index in [9.17, 15) is 9.59 Å². The van der Waals surface area contributed by atoms with Gasteiger partial charge in [-0.2, -0.15) is 0 Å². The zero-order valence-electron chi connectivity index (χ0n) is 14.9. The second-order valence-electron chi connectivity index (χ2n) is 6.93. The molecule has 4 rings (SSSR count). The van der Waals surface area contributed by atoms with Gasteiger partial charge in [-0.3, -0.25) is 9.59 Å². The minimum atomic E-state index is 0.0126. The zero-order valence-corrected chi connectivity index (χ0v) is 14.9. The van der Waals surface area contributed by atoms with E-state index in [0.717, 1.165) is 31.5 Å². The van der Waals surface area contributed by atoms with Crippen molar-refractivity contribution in [1.82, 2.24) is 15.1 Å². The molecule has 2 amide bonds. The SMILES string of the molecule is Cc1nnc(C2CCN(C(=O)c3cccc(N4CCCC4=O)c3)CC2)o1. The van der Waals surface area contributed by atoms with E-state index in [-0.39, 0.29) is 17.7 Å². The normalized spacial score (nSPS) is 18.6. The molecular formula is C19H22N4O3. The van der Waals surface area contributed by atoms with Crippen molar-refractivity contribution in [3.8, 4) is 0 Å².